The normalized spacial score (nSPS) is 23.8. The van der Waals surface area contributed by atoms with E-state index < -0.39 is 5.92 Å². The van der Waals surface area contributed by atoms with Crippen LogP contribution in [0, 0.1) is 5.41 Å². The molecule has 6 nitrogen and oxygen atoms in total. The van der Waals surface area contributed by atoms with E-state index in [9.17, 15) is 20.0 Å². The van der Waals surface area contributed by atoms with E-state index >= 15 is 0 Å². The van der Waals surface area contributed by atoms with Gasteiger partial charge in [-0.2, -0.15) is 0 Å². The molecule has 3 aliphatic rings. The van der Waals surface area contributed by atoms with E-state index in [0.29, 0.717) is 18.4 Å². The van der Waals surface area contributed by atoms with Gasteiger partial charge in [-0.25, -0.2) is 4.79 Å². The molecule has 1 unspecified atom stereocenters. The highest BCUT2D eigenvalue weighted by atomic mass is 16.8. The van der Waals surface area contributed by atoms with Gasteiger partial charge in [-0.1, -0.05) is 43.5 Å². The number of nitrogens with zero attached hydrogens (tertiary/aromatic N) is 1. The van der Waals surface area contributed by atoms with E-state index in [1.165, 1.54) is 6.42 Å². The summed E-state index contributed by atoms with van der Waals surface area (Å²) in [4.78, 5) is 26.8. The van der Waals surface area contributed by atoms with E-state index in [2.05, 4.69) is 13.8 Å². The van der Waals surface area contributed by atoms with E-state index in [0.717, 1.165) is 54.4 Å². The Hall–Kier alpha value is -2.44. The number of carbonyl (C=O) groups excluding carboxylic acids is 2. The van der Waals surface area contributed by atoms with Gasteiger partial charge in [0.1, 0.15) is 6.10 Å². The van der Waals surface area contributed by atoms with Gasteiger partial charge in [0, 0.05) is 23.5 Å². The van der Waals surface area contributed by atoms with Crippen LogP contribution in [0.1, 0.15) is 83.6 Å². The van der Waals surface area contributed by atoms with Gasteiger partial charge < -0.3 is 4.74 Å². The predicted molar refractivity (Wildman–Crippen MR) is 121 cm³/mol. The lowest BCUT2D eigenvalue weighted by Gasteiger charge is -2.39. The van der Waals surface area contributed by atoms with Crippen LogP contribution >= 0.6 is 0 Å². The van der Waals surface area contributed by atoms with Crippen molar-refractivity contribution >= 4 is 17.4 Å². The number of carbonyl (C=O) groups is 2. The van der Waals surface area contributed by atoms with Crippen LogP contribution in [0.3, 0.4) is 0 Å². The Bertz CT molecular complexity index is 964. The molecule has 0 aromatic heterocycles. The summed E-state index contributed by atoms with van der Waals surface area (Å²) < 4.78 is 5.95. The van der Waals surface area contributed by atoms with Crippen molar-refractivity contribution in [3.63, 3.8) is 0 Å². The molecule has 0 spiro atoms. The number of hydrogen-bond donors (Lipinski definition) is 2. The summed E-state index contributed by atoms with van der Waals surface area (Å²) in [7, 11) is 0. The molecule has 0 amide bonds. The monoisotopic (exact) mass is 439 g/mol. The summed E-state index contributed by atoms with van der Waals surface area (Å²) in [5, 5.41) is 18.7. The van der Waals surface area contributed by atoms with E-state index in [1.807, 2.05) is 6.92 Å². The molecule has 172 valence electrons. The van der Waals surface area contributed by atoms with Crippen molar-refractivity contribution in [1.82, 2.24) is 0 Å². The third-order valence-electron chi connectivity index (χ3n) is 7.03. The highest BCUT2D eigenvalue weighted by Crippen LogP contribution is 2.50. The molecular weight excluding hydrogens is 406 g/mol. The maximum Gasteiger partial charge on any atom is 0.335 e. The molecule has 0 saturated heterocycles. The van der Waals surface area contributed by atoms with Crippen LogP contribution in [-0.4, -0.2) is 28.3 Å². The second kappa shape index (κ2) is 8.83. The number of esters is 1. The molecule has 0 bridgehead atoms. The largest absolute Gasteiger partial charge is 0.459 e. The maximum absolute atomic E-state index is 13.4. The predicted octanol–water partition coefficient (Wildman–Crippen LogP) is 5.64. The SMILES string of the molecule is CC1=C(C(=O)OC2CCCCC2)C(c2ccc(N(O)O)cc2)C2=C(C1)CC(C)(C)CC2=O. The van der Waals surface area contributed by atoms with Crippen LogP contribution in [-0.2, 0) is 14.3 Å². The highest BCUT2D eigenvalue weighted by Gasteiger charge is 2.43. The van der Waals surface area contributed by atoms with Gasteiger partial charge in [0.2, 0.25) is 0 Å². The first kappa shape index (κ1) is 22.7. The van der Waals surface area contributed by atoms with Crippen molar-refractivity contribution in [3.8, 4) is 0 Å². The van der Waals surface area contributed by atoms with Gasteiger partial charge in [-0.05, 0) is 68.6 Å². The summed E-state index contributed by atoms with van der Waals surface area (Å²) in [6.45, 7) is 6.20. The third kappa shape index (κ3) is 4.52. The Morgan fingerprint density at radius 3 is 2.34 bits per heavy atom. The molecule has 1 atom stereocenters. The lowest BCUT2D eigenvalue weighted by molar-refractivity contribution is -0.146. The number of hydrogen-bond acceptors (Lipinski definition) is 6. The molecule has 4 rings (SSSR count). The molecule has 0 radical (unpaired) electrons. The third-order valence-corrected chi connectivity index (χ3v) is 7.03. The second-order valence-electron chi connectivity index (χ2n) is 10.3. The Balaban J connectivity index is 1.75. The first-order valence-corrected chi connectivity index (χ1v) is 11.6. The van der Waals surface area contributed by atoms with Crippen molar-refractivity contribution in [2.24, 2.45) is 5.41 Å². The zero-order chi connectivity index (χ0) is 23.0. The van der Waals surface area contributed by atoms with Gasteiger partial charge in [0.15, 0.2) is 5.78 Å². The van der Waals surface area contributed by atoms with Gasteiger partial charge in [-0.3, -0.25) is 15.2 Å². The standard InChI is InChI=1S/C26H33NO5/c1-16-13-18-14-26(2,3)15-21(28)23(18)24(17-9-11-19(12-10-17)27(30)31)22(16)25(29)32-20-7-5-4-6-8-20/h9-12,20,24,30-31H,4-8,13-15H2,1-3H3. The number of anilines is 1. The van der Waals surface area contributed by atoms with Crippen molar-refractivity contribution in [2.75, 3.05) is 5.23 Å². The molecule has 1 saturated carbocycles. The van der Waals surface area contributed by atoms with E-state index in [1.54, 1.807) is 24.3 Å². The van der Waals surface area contributed by atoms with Crippen molar-refractivity contribution in [2.45, 2.75) is 84.2 Å². The van der Waals surface area contributed by atoms with Gasteiger partial charge >= 0.3 is 5.97 Å². The molecule has 32 heavy (non-hydrogen) atoms. The fourth-order valence-electron chi connectivity index (χ4n) is 5.61. The lowest BCUT2D eigenvalue weighted by Crippen LogP contribution is -2.34. The molecule has 1 aromatic rings. The smallest absolute Gasteiger partial charge is 0.335 e. The number of allylic oxidation sites excluding steroid dienone is 3. The zero-order valence-electron chi connectivity index (χ0n) is 19.2. The average Bonchev–Trinajstić information content (AvgIpc) is 2.72. The molecule has 1 fully saturated rings. The molecule has 0 aliphatic heterocycles. The highest BCUT2D eigenvalue weighted by molar-refractivity contribution is 6.04. The number of ether oxygens (including phenoxy) is 1. The minimum absolute atomic E-state index is 0.0585. The topological polar surface area (TPSA) is 87.1 Å². The lowest BCUT2D eigenvalue weighted by atomic mass is 9.64. The molecular formula is C26H33NO5. The molecule has 0 heterocycles. The fraction of sp³-hybridized carbons (Fsp3) is 0.538. The minimum atomic E-state index is -0.488. The van der Waals surface area contributed by atoms with Crippen LogP contribution in [0.4, 0.5) is 5.69 Å². The van der Waals surface area contributed by atoms with Gasteiger partial charge in [-0.15, -0.1) is 5.23 Å². The Kier molecular flexibility index (Phi) is 6.28. The Morgan fingerprint density at radius 2 is 1.72 bits per heavy atom. The Labute approximate surface area is 189 Å². The first-order chi connectivity index (χ1) is 15.2. The van der Waals surface area contributed by atoms with E-state index in [-0.39, 0.29) is 34.2 Å². The Morgan fingerprint density at radius 1 is 1.06 bits per heavy atom. The number of benzene rings is 1. The van der Waals surface area contributed by atoms with Crippen molar-refractivity contribution < 1.29 is 24.7 Å². The van der Waals surface area contributed by atoms with Gasteiger partial charge in [0.05, 0.1) is 5.69 Å². The zero-order valence-corrected chi connectivity index (χ0v) is 19.2. The van der Waals surface area contributed by atoms with Crippen molar-refractivity contribution in [1.29, 1.82) is 0 Å². The van der Waals surface area contributed by atoms with Crippen LogP contribution in [0.25, 0.3) is 0 Å². The molecule has 6 heteroatoms. The quantitative estimate of drug-likeness (QED) is 0.467. The van der Waals surface area contributed by atoms with E-state index in [4.69, 9.17) is 4.74 Å². The number of Topliss-reactive ketones (excluding diaryl/α,β-unsaturated/α-hetero) is 1. The number of ketones is 1. The van der Waals surface area contributed by atoms with Crippen LogP contribution in [0.2, 0.25) is 0 Å². The summed E-state index contributed by atoms with van der Waals surface area (Å²) >= 11 is 0. The molecule has 1 aromatic carbocycles. The summed E-state index contributed by atoms with van der Waals surface area (Å²) in [5.74, 6) is -0.719. The number of rotatable bonds is 4. The van der Waals surface area contributed by atoms with Crippen molar-refractivity contribution in [3.05, 3.63) is 52.1 Å². The van der Waals surface area contributed by atoms with Crippen LogP contribution < -0.4 is 5.23 Å². The summed E-state index contributed by atoms with van der Waals surface area (Å²) in [6, 6.07) is 6.65. The average molecular weight is 440 g/mol. The maximum atomic E-state index is 13.4. The second-order valence-corrected chi connectivity index (χ2v) is 10.3. The van der Waals surface area contributed by atoms with Gasteiger partial charge in [0.25, 0.3) is 0 Å². The summed E-state index contributed by atoms with van der Waals surface area (Å²) in [6.07, 6.45) is 6.94. The minimum Gasteiger partial charge on any atom is -0.459 e. The summed E-state index contributed by atoms with van der Waals surface area (Å²) in [5.41, 5.74) is 4.25. The first-order valence-electron chi connectivity index (χ1n) is 11.6. The fourth-order valence-corrected chi connectivity index (χ4v) is 5.61. The molecule has 2 N–H and O–H groups in total. The van der Waals surface area contributed by atoms with Crippen LogP contribution in [0.5, 0.6) is 0 Å². The van der Waals surface area contributed by atoms with Crippen LogP contribution in [0.15, 0.2) is 46.6 Å². The molecule has 3 aliphatic carbocycles.